The van der Waals surface area contributed by atoms with Gasteiger partial charge in [-0.15, -0.1) is 0 Å². The highest BCUT2D eigenvalue weighted by Gasteiger charge is 2.32. The fourth-order valence-electron chi connectivity index (χ4n) is 2.26. The molecule has 0 radical (unpaired) electrons. The number of halogens is 3. The molecule has 0 aliphatic rings. The molecule has 0 aliphatic heterocycles. The van der Waals surface area contributed by atoms with Gasteiger partial charge in [0.15, 0.2) is 6.61 Å². The molecule has 0 bridgehead atoms. The predicted molar refractivity (Wildman–Crippen MR) is 90.6 cm³/mol. The van der Waals surface area contributed by atoms with Crippen molar-refractivity contribution >= 4 is 11.6 Å². The lowest BCUT2D eigenvalue weighted by atomic mass is 9.94. The Hall–Kier alpha value is -2.74. The van der Waals surface area contributed by atoms with Crippen LogP contribution >= 0.6 is 0 Å². The van der Waals surface area contributed by atoms with Crippen molar-refractivity contribution in [3.63, 3.8) is 0 Å². The van der Waals surface area contributed by atoms with Gasteiger partial charge in [0.25, 0.3) is 5.91 Å². The summed E-state index contributed by atoms with van der Waals surface area (Å²) < 4.78 is 43.7. The van der Waals surface area contributed by atoms with Crippen LogP contribution < -0.4 is 15.8 Å². The highest BCUT2D eigenvalue weighted by molar-refractivity contribution is 5.75. The SMILES string of the molecule is CC(O)(CNc1cccc(OCC(N)=O)c1)c1cccc(C(F)(F)F)c1. The van der Waals surface area contributed by atoms with Gasteiger partial charge in [-0.3, -0.25) is 4.79 Å². The molecule has 0 saturated heterocycles. The number of hydrogen-bond donors (Lipinski definition) is 3. The first-order chi connectivity index (χ1) is 12.1. The molecule has 0 aromatic heterocycles. The lowest BCUT2D eigenvalue weighted by Gasteiger charge is -2.25. The smallest absolute Gasteiger partial charge is 0.416 e. The molecular formula is C18H19F3N2O3. The van der Waals surface area contributed by atoms with Crippen LogP contribution in [-0.4, -0.2) is 24.2 Å². The second-order valence-electron chi connectivity index (χ2n) is 5.99. The Kier molecular flexibility index (Phi) is 5.76. The van der Waals surface area contributed by atoms with Crippen molar-refractivity contribution in [2.75, 3.05) is 18.5 Å². The van der Waals surface area contributed by atoms with Crippen molar-refractivity contribution in [2.24, 2.45) is 5.73 Å². The molecular weight excluding hydrogens is 349 g/mol. The molecule has 1 unspecified atom stereocenters. The molecule has 0 spiro atoms. The van der Waals surface area contributed by atoms with Crippen LogP contribution in [0.2, 0.25) is 0 Å². The number of nitrogens with two attached hydrogens (primary N) is 1. The van der Waals surface area contributed by atoms with E-state index >= 15 is 0 Å². The Balaban J connectivity index is 2.08. The van der Waals surface area contributed by atoms with Crippen LogP contribution in [0.5, 0.6) is 5.75 Å². The average molecular weight is 368 g/mol. The molecule has 5 nitrogen and oxygen atoms in total. The summed E-state index contributed by atoms with van der Waals surface area (Å²) in [6.07, 6.45) is -4.48. The lowest BCUT2D eigenvalue weighted by molar-refractivity contribution is -0.137. The number of nitrogens with one attached hydrogen (secondary N) is 1. The van der Waals surface area contributed by atoms with E-state index in [1.165, 1.54) is 19.1 Å². The summed E-state index contributed by atoms with van der Waals surface area (Å²) in [6.45, 7) is 1.11. The number of benzene rings is 2. The van der Waals surface area contributed by atoms with E-state index in [2.05, 4.69) is 5.32 Å². The van der Waals surface area contributed by atoms with Gasteiger partial charge in [-0.25, -0.2) is 0 Å². The molecule has 0 fully saturated rings. The molecule has 2 aromatic carbocycles. The van der Waals surface area contributed by atoms with Crippen molar-refractivity contribution in [1.82, 2.24) is 0 Å². The average Bonchev–Trinajstić information content (AvgIpc) is 2.58. The van der Waals surface area contributed by atoms with Crippen LogP contribution in [0.25, 0.3) is 0 Å². The number of ether oxygens (including phenoxy) is 1. The van der Waals surface area contributed by atoms with Gasteiger partial charge in [-0.2, -0.15) is 13.2 Å². The van der Waals surface area contributed by atoms with Crippen molar-refractivity contribution in [3.8, 4) is 5.75 Å². The Labute approximate surface area is 148 Å². The van der Waals surface area contributed by atoms with E-state index in [-0.39, 0.29) is 18.7 Å². The maximum atomic E-state index is 12.8. The zero-order chi connectivity index (χ0) is 19.4. The minimum Gasteiger partial charge on any atom is -0.484 e. The monoisotopic (exact) mass is 368 g/mol. The van der Waals surface area contributed by atoms with Crippen LogP contribution in [0.15, 0.2) is 48.5 Å². The third kappa shape index (κ3) is 5.38. The third-order valence-corrected chi connectivity index (χ3v) is 3.66. The zero-order valence-corrected chi connectivity index (χ0v) is 14.0. The molecule has 4 N–H and O–H groups in total. The molecule has 2 rings (SSSR count). The largest absolute Gasteiger partial charge is 0.484 e. The minimum atomic E-state index is -4.48. The number of primary amides is 1. The summed E-state index contributed by atoms with van der Waals surface area (Å²) in [5.74, 6) is -0.219. The highest BCUT2D eigenvalue weighted by Crippen LogP contribution is 2.32. The molecule has 0 heterocycles. The molecule has 2 aromatic rings. The highest BCUT2D eigenvalue weighted by atomic mass is 19.4. The van der Waals surface area contributed by atoms with E-state index in [1.54, 1.807) is 24.3 Å². The first kappa shape index (κ1) is 19.6. The number of anilines is 1. The van der Waals surface area contributed by atoms with Gasteiger partial charge in [0.2, 0.25) is 0 Å². The molecule has 8 heteroatoms. The summed E-state index contributed by atoms with van der Waals surface area (Å²) in [5, 5.41) is 13.5. The number of hydrogen-bond acceptors (Lipinski definition) is 4. The second-order valence-corrected chi connectivity index (χ2v) is 5.99. The van der Waals surface area contributed by atoms with Gasteiger partial charge in [0, 0.05) is 18.3 Å². The van der Waals surface area contributed by atoms with E-state index in [1.807, 2.05) is 0 Å². The van der Waals surface area contributed by atoms with Crippen LogP contribution in [0.4, 0.5) is 18.9 Å². The fourth-order valence-corrected chi connectivity index (χ4v) is 2.26. The van der Waals surface area contributed by atoms with E-state index in [4.69, 9.17) is 10.5 Å². The van der Waals surface area contributed by atoms with Gasteiger partial charge in [-0.05, 0) is 36.8 Å². The number of rotatable bonds is 7. The summed E-state index contributed by atoms with van der Waals surface area (Å²) >= 11 is 0. The molecule has 1 atom stereocenters. The lowest BCUT2D eigenvalue weighted by Crippen LogP contribution is -2.31. The Morgan fingerprint density at radius 3 is 2.46 bits per heavy atom. The number of carbonyl (C=O) groups is 1. The first-order valence-corrected chi connectivity index (χ1v) is 7.73. The Morgan fingerprint density at radius 2 is 1.81 bits per heavy atom. The van der Waals surface area contributed by atoms with Gasteiger partial charge >= 0.3 is 6.18 Å². The minimum absolute atomic E-state index is 0.0341. The van der Waals surface area contributed by atoms with E-state index in [0.717, 1.165) is 12.1 Å². The van der Waals surface area contributed by atoms with E-state index in [9.17, 15) is 23.1 Å². The fraction of sp³-hybridized carbons (Fsp3) is 0.278. The van der Waals surface area contributed by atoms with E-state index in [0.29, 0.717) is 11.4 Å². The van der Waals surface area contributed by atoms with Crippen LogP contribution in [0.3, 0.4) is 0 Å². The van der Waals surface area contributed by atoms with E-state index < -0.39 is 23.2 Å². The Morgan fingerprint density at radius 1 is 1.15 bits per heavy atom. The molecule has 26 heavy (non-hydrogen) atoms. The summed E-state index contributed by atoms with van der Waals surface area (Å²) in [7, 11) is 0. The van der Waals surface area contributed by atoms with Crippen molar-refractivity contribution in [2.45, 2.75) is 18.7 Å². The van der Waals surface area contributed by atoms with Crippen molar-refractivity contribution in [1.29, 1.82) is 0 Å². The normalized spacial score (nSPS) is 13.7. The quantitative estimate of drug-likeness (QED) is 0.702. The number of aliphatic hydroxyl groups is 1. The van der Waals surface area contributed by atoms with Crippen LogP contribution in [0, 0.1) is 0 Å². The van der Waals surface area contributed by atoms with Crippen LogP contribution in [0.1, 0.15) is 18.1 Å². The second kappa shape index (κ2) is 7.65. The predicted octanol–water partition coefficient (Wildman–Crippen LogP) is 2.89. The Bertz CT molecular complexity index is 776. The van der Waals surface area contributed by atoms with Gasteiger partial charge in [0.1, 0.15) is 11.4 Å². The molecule has 0 aliphatic carbocycles. The number of alkyl halides is 3. The summed E-state index contributed by atoms with van der Waals surface area (Å²) in [4.78, 5) is 10.7. The number of amides is 1. The summed E-state index contributed by atoms with van der Waals surface area (Å²) in [6, 6.07) is 11.1. The van der Waals surface area contributed by atoms with Crippen molar-refractivity contribution < 1.29 is 27.8 Å². The van der Waals surface area contributed by atoms with Crippen molar-refractivity contribution in [3.05, 3.63) is 59.7 Å². The third-order valence-electron chi connectivity index (χ3n) is 3.66. The summed E-state index contributed by atoms with van der Waals surface area (Å²) in [5.41, 5.74) is 3.36. The zero-order valence-electron chi connectivity index (χ0n) is 14.0. The molecule has 140 valence electrons. The maximum Gasteiger partial charge on any atom is 0.416 e. The standard InChI is InChI=1S/C18H19F3N2O3/c1-17(25,12-4-2-5-13(8-12)18(19,20)21)11-23-14-6-3-7-15(9-14)26-10-16(22)24/h2-9,23,25H,10-11H2,1H3,(H2,22,24). The number of carbonyl (C=O) groups excluding carboxylic acids is 1. The topological polar surface area (TPSA) is 84.6 Å². The molecule has 1 amide bonds. The maximum absolute atomic E-state index is 12.8. The van der Waals surface area contributed by atoms with Gasteiger partial charge < -0.3 is 20.9 Å². The van der Waals surface area contributed by atoms with Gasteiger partial charge in [-0.1, -0.05) is 18.2 Å². The first-order valence-electron chi connectivity index (χ1n) is 7.73. The molecule has 0 saturated carbocycles. The van der Waals surface area contributed by atoms with Crippen LogP contribution in [-0.2, 0) is 16.6 Å². The van der Waals surface area contributed by atoms with Gasteiger partial charge in [0.05, 0.1) is 5.56 Å².